The number of carbonyl (C=O) groups excluding carboxylic acids is 1. The number of nitrogens with zero attached hydrogens (tertiary/aromatic N) is 2. The van der Waals surface area contributed by atoms with Gasteiger partial charge in [-0.05, 0) is 30.5 Å². The van der Waals surface area contributed by atoms with Crippen LogP contribution < -0.4 is 5.73 Å². The van der Waals surface area contributed by atoms with Crippen molar-refractivity contribution in [3.63, 3.8) is 0 Å². The van der Waals surface area contributed by atoms with Crippen LogP contribution in [-0.2, 0) is 0 Å². The second kappa shape index (κ2) is 6.78. The van der Waals surface area contributed by atoms with Crippen molar-refractivity contribution in [3.8, 4) is 0 Å². The highest BCUT2D eigenvalue weighted by Crippen LogP contribution is 2.15. The fraction of sp³-hybridized carbons (Fsp3) is 0.429. The summed E-state index contributed by atoms with van der Waals surface area (Å²) in [6.45, 7) is 6.69. The number of amidine groups is 1. The van der Waals surface area contributed by atoms with Crippen molar-refractivity contribution in [1.29, 1.82) is 0 Å². The smallest absolute Gasteiger partial charge is 0.254 e. The first-order valence-corrected chi connectivity index (χ1v) is 6.35. The van der Waals surface area contributed by atoms with E-state index in [2.05, 4.69) is 19.0 Å². The van der Waals surface area contributed by atoms with Crippen LogP contribution in [0.5, 0.6) is 0 Å². The average Bonchev–Trinajstić information content (AvgIpc) is 2.43. The lowest BCUT2D eigenvalue weighted by atomic mass is 10.0. The lowest BCUT2D eigenvalue weighted by molar-refractivity contribution is 0.0786. The molecule has 3 N–H and O–H groups in total. The fourth-order valence-electron chi connectivity index (χ4n) is 1.75. The Morgan fingerprint density at radius 2 is 1.95 bits per heavy atom. The lowest BCUT2D eigenvalue weighted by Gasteiger charge is -2.20. The third kappa shape index (κ3) is 3.98. The third-order valence-corrected chi connectivity index (χ3v) is 2.97. The van der Waals surface area contributed by atoms with Crippen molar-refractivity contribution < 1.29 is 10.0 Å². The summed E-state index contributed by atoms with van der Waals surface area (Å²) in [7, 11) is 0. The Labute approximate surface area is 113 Å². The van der Waals surface area contributed by atoms with Crippen molar-refractivity contribution in [2.75, 3.05) is 13.1 Å². The highest BCUT2D eigenvalue weighted by atomic mass is 16.4. The Morgan fingerprint density at radius 3 is 2.37 bits per heavy atom. The van der Waals surface area contributed by atoms with E-state index in [1.54, 1.807) is 0 Å². The quantitative estimate of drug-likeness (QED) is 0.369. The zero-order valence-electron chi connectivity index (χ0n) is 11.6. The second-order valence-corrected chi connectivity index (χ2v) is 4.69. The van der Waals surface area contributed by atoms with Crippen molar-refractivity contribution in [3.05, 3.63) is 35.4 Å². The van der Waals surface area contributed by atoms with E-state index in [0.717, 1.165) is 0 Å². The summed E-state index contributed by atoms with van der Waals surface area (Å²) in [6.07, 6.45) is 0. The molecule has 1 aromatic rings. The zero-order chi connectivity index (χ0) is 14.4. The molecule has 1 aromatic carbocycles. The lowest BCUT2D eigenvalue weighted by Crippen LogP contribution is -2.38. The molecule has 104 valence electrons. The molecule has 0 bridgehead atoms. The molecule has 5 heteroatoms. The van der Waals surface area contributed by atoms with Crippen LogP contribution in [0.1, 0.15) is 42.6 Å². The normalized spacial score (nSPS) is 11.7. The minimum absolute atomic E-state index is 0.0222. The highest BCUT2D eigenvalue weighted by Gasteiger charge is 2.15. The Hall–Kier alpha value is -2.04. The topological polar surface area (TPSA) is 78.9 Å². The van der Waals surface area contributed by atoms with Gasteiger partial charge >= 0.3 is 0 Å². The highest BCUT2D eigenvalue weighted by molar-refractivity contribution is 5.97. The van der Waals surface area contributed by atoms with Gasteiger partial charge in [0, 0.05) is 12.1 Å². The Balaban J connectivity index is 2.85. The van der Waals surface area contributed by atoms with E-state index in [1.165, 1.54) is 10.5 Å². The van der Waals surface area contributed by atoms with Gasteiger partial charge in [0.15, 0.2) is 5.84 Å². The molecular weight excluding hydrogens is 242 g/mol. The van der Waals surface area contributed by atoms with E-state index in [-0.39, 0.29) is 18.3 Å². The molecule has 0 unspecified atom stereocenters. The van der Waals surface area contributed by atoms with Crippen LogP contribution in [0.15, 0.2) is 29.4 Å². The summed E-state index contributed by atoms with van der Waals surface area (Å²) in [5.74, 6) is 0.335. The van der Waals surface area contributed by atoms with E-state index >= 15 is 0 Å². The molecule has 0 fully saturated rings. The summed E-state index contributed by atoms with van der Waals surface area (Å²) in [6, 6.07) is 7.53. The molecule has 0 aliphatic rings. The molecule has 0 heterocycles. The molecule has 0 saturated heterocycles. The molecule has 1 amide bonds. The molecular formula is C14H21N3O2. The summed E-state index contributed by atoms with van der Waals surface area (Å²) < 4.78 is 0. The standard InChI is InChI=1S/C14H21N3O2/c1-4-17(9-13(15)16-19)14(18)12-7-5-11(6-8-12)10(2)3/h5-8,10,19H,4,9H2,1-3H3,(H2,15,16). The number of oxime groups is 1. The predicted octanol–water partition coefficient (Wildman–Crippen LogP) is 2.02. The molecule has 0 atom stereocenters. The van der Waals surface area contributed by atoms with Crippen LogP contribution in [0, 0.1) is 0 Å². The van der Waals surface area contributed by atoms with Gasteiger partial charge in [-0.3, -0.25) is 4.79 Å². The number of carbonyl (C=O) groups is 1. The monoisotopic (exact) mass is 263 g/mol. The molecule has 1 rings (SSSR count). The number of amides is 1. The molecule has 0 spiro atoms. The van der Waals surface area contributed by atoms with Crippen LogP contribution in [0.3, 0.4) is 0 Å². The molecule has 19 heavy (non-hydrogen) atoms. The SMILES string of the molecule is CCN(CC(N)=NO)C(=O)c1ccc(C(C)C)cc1. The van der Waals surface area contributed by atoms with E-state index < -0.39 is 0 Å². The first kappa shape index (κ1) is 15.0. The van der Waals surface area contributed by atoms with E-state index in [4.69, 9.17) is 10.9 Å². The molecule has 0 aliphatic carbocycles. The number of hydrogen-bond donors (Lipinski definition) is 2. The van der Waals surface area contributed by atoms with Gasteiger partial charge in [-0.25, -0.2) is 0 Å². The second-order valence-electron chi connectivity index (χ2n) is 4.69. The summed E-state index contributed by atoms with van der Waals surface area (Å²) in [5.41, 5.74) is 7.23. The van der Waals surface area contributed by atoms with Crippen molar-refractivity contribution in [2.45, 2.75) is 26.7 Å². The van der Waals surface area contributed by atoms with Crippen molar-refractivity contribution in [1.82, 2.24) is 4.90 Å². The molecule has 5 nitrogen and oxygen atoms in total. The van der Waals surface area contributed by atoms with E-state index in [0.29, 0.717) is 18.0 Å². The maximum atomic E-state index is 12.2. The third-order valence-electron chi connectivity index (χ3n) is 2.97. The van der Waals surface area contributed by atoms with Gasteiger partial charge in [-0.15, -0.1) is 0 Å². The van der Waals surface area contributed by atoms with Gasteiger partial charge < -0.3 is 15.8 Å². The average molecular weight is 263 g/mol. The first-order chi connectivity index (χ1) is 8.99. The van der Waals surface area contributed by atoms with Crippen LogP contribution >= 0.6 is 0 Å². The number of likely N-dealkylation sites (N-methyl/N-ethyl adjacent to an activating group) is 1. The van der Waals surface area contributed by atoms with Gasteiger partial charge in [0.05, 0.1) is 6.54 Å². The molecule has 0 saturated carbocycles. The molecule has 0 aromatic heterocycles. The zero-order valence-corrected chi connectivity index (χ0v) is 11.6. The number of rotatable bonds is 5. The van der Waals surface area contributed by atoms with E-state index in [1.807, 2.05) is 31.2 Å². The Kier molecular flexibility index (Phi) is 5.36. The predicted molar refractivity (Wildman–Crippen MR) is 75.5 cm³/mol. The van der Waals surface area contributed by atoms with Gasteiger partial charge in [0.1, 0.15) is 0 Å². The van der Waals surface area contributed by atoms with Gasteiger partial charge in [-0.1, -0.05) is 31.1 Å². The minimum atomic E-state index is -0.121. The maximum Gasteiger partial charge on any atom is 0.254 e. The van der Waals surface area contributed by atoms with Gasteiger partial charge in [-0.2, -0.15) is 0 Å². The minimum Gasteiger partial charge on any atom is -0.409 e. The first-order valence-electron chi connectivity index (χ1n) is 6.35. The van der Waals surface area contributed by atoms with Crippen molar-refractivity contribution in [2.24, 2.45) is 10.9 Å². The summed E-state index contributed by atoms with van der Waals surface area (Å²) in [4.78, 5) is 13.8. The maximum absolute atomic E-state index is 12.2. The van der Waals surface area contributed by atoms with Crippen molar-refractivity contribution >= 4 is 11.7 Å². The van der Waals surface area contributed by atoms with Crippen LogP contribution in [0.4, 0.5) is 0 Å². The van der Waals surface area contributed by atoms with Crippen LogP contribution in [0.25, 0.3) is 0 Å². The van der Waals surface area contributed by atoms with Crippen LogP contribution in [0.2, 0.25) is 0 Å². The molecule has 0 aliphatic heterocycles. The Morgan fingerprint density at radius 1 is 1.37 bits per heavy atom. The van der Waals surface area contributed by atoms with Crippen LogP contribution in [-0.4, -0.2) is 34.9 Å². The largest absolute Gasteiger partial charge is 0.409 e. The molecule has 0 radical (unpaired) electrons. The van der Waals surface area contributed by atoms with Gasteiger partial charge in [0.25, 0.3) is 5.91 Å². The summed E-state index contributed by atoms with van der Waals surface area (Å²) in [5, 5.41) is 11.4. The number of hydrogen-bond acceptors (Lipinski definition) is 3. The Bertz CT molecular complexity index is 452. The fourth-order valence-corrected chi connectivity index (χ4v) is 1.75. The number of nitrogens with two attached hydrogens (primary N) is 1. The number of benzene rings is 1. The van der Waals surface area contributed by atoms with Gasteiger partial charge in [0.2, 0.25) is 0 Å². The summed E-state index contributed by atoms with van der Waals surface area (Å²) >= 11 is 0. The van der Waals surface area contributed by atoms with E-state index in [9.17, 15) is 4.79 Å².